The molecule has 0 unspecified atom stereocenters. The van der Waals surface area contributed by atoms with Gasteiger partial charge in [0.2, 0.25) is 0 Å². The SMILES string of the molecule is CCCc1nc(C(=O)O)c(C(=O)O)[nH]1.Cl. The molecule has 0 aliphatic carbocycles. The molecule has 1 aromatic heterocycles. The summed E-state index contributed by atoms with van der Waals surface area (Å²) in [5.41, 5.74) is -0.790. The van der Waals surface area contributed by atoms with Gasteiger partial charge in [-0.3, -0.25) is 0 Å². The zero-order valence-electron chi connectivity index (χ0n) is 7.98. The van der Waals surface area contributed by atoms with Gasteiger partial charge in [0, 0.05) is 6.42 Å². The van der Waals surface area contributed by atoms with E-state index in [2.05, 4.69) is 9.97 Å². The summed E-state index contributed by atoms with van der Waals surface area (Å²) < 4.78 is 0. The molecule has 0 atom stereocenters. The third-order valence-electron chi connectivity index (χ3n) is 1.66. The van der Waals surface area contributed by atoms with Crippen LogP contribution in [0.2, 0.25) is 0 Å². The number of carboxylic acids is 2. The number of carboxylic acid groups (broad SMARTS) is 2. The molecule has 0 aliphatic heterocycles. The standard InChI is InChI=1S/C8H10N2O4.ClH/c1-2-3-4-9-5(7(11)12)6(10-4)8(13)14;/h2-3H2,1H3,(H,9,10)(H,11,12)(H,13,14);1H. The number of nitrogens with zero attached hydrogens (tertiary/aromatic N) is 1. The van der Waals surface area contributed by atoms with Crippen LogP contribution in [0.4, 0.5) is 0 Å². The number of H-pyrrole nitrogens is 1. The van der Waals surface area contributed by atoms with Crippen LogP contribution in [0.5, 0.6) is 0 Å². The molecular formula is C8H11ClN2O4. The quantitative estimate of drug-likeness (QED) is 0.726. The van der Waals surface area contributed by atoms with E-state index in [0.717, 1.165) is 6.42 Å². The summed E-state index contributed by atoms with van der Waals surface area (Å²) in [5, 5.41) is 17.3. The van der Waals surface area contributed by atoms with Crippen LogP contribution in [0.15, 0.2) is 0 Å². The predicted octanol–water partition coefficient (Wildman–Crippen LogP) is 1.18. The molecule has 0 saturated heterocycles. The molecule has 6 nitrogen and oxygen atoms in total. The minimum absolute atomic E-state index is 0. The minimum atomic E-state index is -1.33. The van der Waals surface area contributed by atoms with Crippen LogP contribution in [-0.4, -0.2) is 32.1 Å². The first-order valence-corrected chi connectivity index (χ1v) is 4.11. The molecule has 0 amide bonds. The lowest BCUT2D eigenvalue weighted by Gasteiger charge is -1.89. The van der Waals surface area contributed by atoms with Gasteiger partial charge in [-0.1, -0.05) is 6.92 Å². The highest BCUT2D eigenvalue weighted by atomic mass is 35.5. The first kappa shape index (κ1) is 13.4. The van der Waals surface area contributed by atoms with Gasteiger partial charge in [0.25, 0.3) is 0 Å². The number of carbonyl (C=O) groups is 2. The van der Waals surface area contributed by atoms with E-state index >= 15 is 0 Å². The van der Waals surface area contributed by atoms with Crippen LogP contribution >= 0.6 is 12.4 Å². The third kappa shape index (κ3) is 2.95. The Balaban J connectivity index is 0.00000196. The maximum Gasteiger partial charge on any atom is 0.357 e. The largest absolute Gasteiger partial charge is 0.477 e. The van der Waals surface area contributed by atoms with E-state index in [1.807, 2.05) is 6.92 Å². The fourth-order valence-electron chi connectivity index (χ4n) is 1.09. The Kier molecular flexibility index (Phi) is 4.80. The van der Waals surface area contributed by atoms with Crippen molar-refractivity contribution in [3.63, 3.8) is 0 Å². The first-order chi connectivity index (χ1) is 6.56. The molecule has 0 fully saturated rings. The lowest BCUT2D eigenvalue weighted by Crippen LogP contribution is -2.07. The molecule has 0 saturated carbocycles. The molecule has 1 aromatic rings. The summed E-state index contributed by atoms with van der Waals surface area (Å²) in [5.74, 6) is -2.25. The fraction of sp³-hybridized carbons (Fsp3) is 0.375. The second-order valence-corrected chi connectivity index (χ2v) is 2.77. The van der Waals surface area contributed by atoms with Crippen molar-refractivity contribution in [3.8, 4) is 0 Å². The van der Waals surface area contributed by atoms with E-state index in [1.165, 1.54) is 0 Å². The summed E-state index contributed by atoms with van der Waals surface area (Å²) in [7, 11) is 0. The van der Waals surface area contributed by atoms with E-state index < -0.39 is 17.6 Å². The maximum absolute atomic E-state index is 10.6. The Morgan fingerprint density at radius 2 is 1.93 bits per heavy atom. The average Bonchev–Trinajstić information content (AvgIpc) is 2.49. The van der Waals surface area contributed by atoms with Gasteiger partial charge in [-0.05, 0) is 6.42 Å². The molecule has 0 aromatic carbocycles. The van der Waals surface area contributed by atoms with Crippen molar-refractivity contribution >= 4 is 24.3 Å². The lowest BCUT2D eigenvalue weighted by atomic mass is 10.3. The zero-order chi connectivity index (χ0) is 10.7. The number of aromatic amines is 1. The molecular weight excluding hydrogens is 224 g/mol. The molecule has 0 aliphatic rings. The Bertz CT molecular complexity index is 343. The summed E-state index contributed by atoms with van der Waals surface area (Å²) >= 11 is 0. The summed E-state index contributed by atoms with van der Waals surface area (Å²) in [4.78, 5) is 27.4. The van der Waals surface area contributed by atoms with Gasteiger partial charge in [0.1, 0.15) is 5.82 Å². The molecule has 1 heterocycles. The molecule has 3 N–H and O–H groups in total. The van der Waals surface area contributed by atoms with Gasteiger partial charge in [0.05, 0.1) is 0 Å². The number of rotatable bonds is 4. The van der Waals surface area contributed by atoms with Crippen molar-refractivity contribution in [2.45, 2.75) is 19.8 Å². The Morgan fingerprint density at radius 3 is 2.27 bits per heavy atom. The second kappa shape index (κ2) is 5.35. The number of imidazole rings is 1. The van der Waals surface area contributed by atoms with Crippen LogP contribution in [0, 0.1) is 0 Å². The van der Waals surface area contributed by atoms with Gasteiger partial charge in [-0.15, -0.1) is 12.4 Å². The summed E-state index contributed by atoms with van der Waals surface area (Å²) in [6.45, 7) is 1.89. The second-order valence-electron chi connectivity index (χ2n) is 2.77. The van der Waals surface area contributed by atoms with Crippen molar-refractivity contribution < 1.29 is 19.8 Å². The van der Waals surface area contributed by atoms with Gasteiger partial charge < -0.3 is 15.2 Å². The van der Waals surface area contributed by atoms with Crippen LogP contribution in [0.1, 0.15) is 40.1 Å². The van der Waals surface area contributed by atoms with Crippen molar-refractivity contribution in [1.29, 1.82) is 0 Å². The number of aromatic carboxylic acids is 2. The van der Waals surface area contributed by atoms with Crippen molar-refractivity contribution in [1.82, 2.24) is 9.97 Å². The monoisotopic (exact) mass is 234 g/mol. The predicted molar refractivity (Wildman–Crippen MR) is 53.7 cm³/mol. The molecule has 7 heteroatoms. The topological polar surface area (TPSA) is 103 Å². The highest BCUT2D eigenvalue weighted by molar-refractivity contribution is 5.98. The number of hydrogen-bond donors (Lipinski definition) is 3. The highest BCUT2D eigenvalue weighted by Gasteiger charge is 2.21. The van der Waals surface area contributed by atoms with E-state index in [9.17, 15) is 9.59 Å². The summed E-state index contributed by atoms with van der Waals surface area (Å²) in [6, 6.07) is 0. The Morgan fingerprint density at radius 1 is 1.33 bits per heavy atom. The van der Waals surface area contributed by atoms with Crippen molar-refractivity contribution in [3.05, 3.63) is 17.2 Å². The Labute approximate surface area is 91.7 Å². The molecule has 84 valence electrons. The number of aromatic nitrogens is 2. The minimum Gasteiger partial charge on any atom is -0.477 e. The summed E-state index contributed by atoms with van der Waals surface area (Å²) in [6.07, 6.45) is 1.30. The van der Waals surface area contributed by atoms with Crippen LogP contribution in [0.3, 0.4) is 0 Å². The number of hydrogen-bond acceptors (Lipinski definition) is 3. The molecule has 0 radical (unpaired) electrons. The number of halogens is 1. The number of nitrogens with one attached hydrogen (secondary N) is 1. The van der Waals surface area contributed by atoms with E-state index in [0.29, 0.717) is 12.2 Å². The van der Waals surface area contributed by atoms with Crippen LogP contribution in [-0.2, 0) is 6.42 Å². The zero-order valence-corrected chi connectivity index (χ0v) is 8.80. The van der Waals surface area contributed by atoms with Gasteiger partial charge in [-0.2, -0.15) is 0 Å². The number of aryl methyl sites for hydroxylation is 1. The fourth-order valence-corrected chi connectivity index (χ4v) is 1.09. The van der Waals surface area contributed by atoms with Gasteiger partial charge >= 0.3 is 11.9 Å². The third-order valence-corrected chi connectivity index (χ3v) is 1.66. The maximum atomic E-state index is 10.6. The molecule has 15 heavy (non-hydrogen) atoms. The normalized spacial score (nSPS) is 9.40. The lowest BCUT2D eigenvalue weighted by molar-refractivity contribution is 0.0644. The highest BCUT2D eigenvalue weighted by Crippen LogP contribution is 2.07. The van der Waals surface area contributed by atoms with Crippen molar-refractivity contribution in [2.24, 2.45) is 0 Å². The van der Waals surface area contributed by atoms with Crippen LogP contribution < -0.4 is 0 Å². The van der Waals surface area contributed by atoms with E-state index in [1.54, 1.807) is 0 Å². The van der Waals surface area contributed by atoms with E-state index in [-0.39, 0.29) is 18.1 Å². The molecule has 0 bridgehead atoms. The molecule has 1 rings (SSSR count). The molecule has 0 spiro atoms. The van der Waals surface area contributed by atoms with Gasteiger partial charge in [-0.25, -0.2) is 14.6 Å². The smallest absolute Gasteiger partial charge is 0.357 e. The Hall–Kier alpha value is -1.56. The van der Waals surface area contributed by atoms with Crippen molar-refractivity contribution in [2.75, 3.05) is 0 Å². The van der Waals surface area contributed by atoms with E-state index in [4.69, 9.17) is 10.2 Å². The first-order valence-electron chi connectivity index (χ1n) is 4.11. The van der Waals surface area contributed by atoms with Crippen LogP contribution in [0.25, 0.3) is 0 Å². The van der Waals surface area contributed by atoms with Gasteiger partial charge in [0.15, 0.2) is 11.4 Å². The average molecular weight is 235 g/mol.